The number of pyridine rings is 1. The molecule has 1 saturated heterocycles. The number of aromatic nitrogens is 3. The molecule has 0 atom stereocenters. The quantitative estimate of drug-likeness (QED) is 0.780. The largest absolute Gasteiger partial charge is 0.360 e. The highest BCUT2D eigenvalue weighted by molar-refractivity contribution is 5.94. The van der Waals surface area contributed by atoms with E-state index in [4.69, 9.17) is 0 Å². The van der Waals surface area contributed by atoms with Crippen LogP contribution in [0.3, 0.4) is 0 Å². The molecule has 0 N–H and O–H groups in total. The fraction of sp³-hybridized carbons (Fsp3) is 0.500. The molecule has 7 heteroatoms. The van der Waals surface area contributed by atoms with Crippen LogP contribution in [0.5, 0.6) is 0 Å². The standard InChI is InChI=1S/C20H28N6O/c1-3-4-11-24(2)18-8-7-17(16-23-18)19(27)25-12-6-13-26(15-14-25)20-21-9-5-10-22-20/h5,7-10,16H,3-4,6,11-15H2,1-2H3. The molecule has 1 amide bonds. The molecule has 2 aromatic heterocycles. The summed E-state index contributed by atoms with van der Waals surface area (Å²) in [6.07, 6.45) is 8.38. The van der Waals surface area contributed by atoms with Gasteiger partial charge >= 0.3 is 0 Å². The number of carbonyl (C=O) groups excluding carboxylic acids is 1. The SMILES string of the molecule is CCCCN(C)c1ccc(C(=O)N2CCCN(c3ncccn3)CC2)cn1. The Bertz CT molecular complexity index is 721. The number of rotatable bonds is 6. The average Bonchev–Trinajstić information content (AvgIpc) is 2.98. The summed E-state index contributed by atoms with van der Waals surface area (Å²) in [5, 5.41) is 0. The lowest BCUT2D eigenvalue weighted by atomic mass is 10.2. The Balaban J connectivity index is 1.60. The predicted octanol–water partition coefficient (Wildman–Crippen LogP) is 2.46. The van der Waals surface area contributed by atoms with Crippen molar-refractivity contribution in [3.63, 3.8) is 0 Å². The lowest BCUT2D eigenvalue weighted by Crippen LogP contribution is -2.35. The van der Waals surface area contributed by atoms with E-state index in [2.05, 4.69) is 31.7 Å². The Morgan fingerprint density at radius 2 is 1.93 bits per heavy atom. The topological polar surface area (TPSA) is 65.5 Å². The highest BCUT2D eigenvalue weighted by atomic mass is 16.2. The summed E-state index contributed by atoms with van der Waals surface area (Å²) in [5.41, 5.74) is 0.645. The zero-order valence-electron chi connectivity index (χ0n) is 16.2. The Labute approximate surface area is 161 Å². The van der Waals surface area contributed by atoms with Gasteiger partial charge in [-0.25, -0.2) is 15.0 Å². The van der Waals surface area contributed by atoms with Crippen LogP contribution in [0.1, 0.15) is 36.5 Å². The van der Waals surface area contributed by atoms with Gasteiger partial charge in [0.15, 0.2) is 0 Å². The van der Waals surface area contributed by atoms with E-state index in [1.165, 1.54) is 0 Å². The highest BCUT2D eigenvalue weighted by Gasteiger charge is 2.21. The average molecular weight is 368 g/mol. The lowest BCUT2D eigenvalue weighted by molar-refractivity contribution is 0.0766. The molecule has 27 heavy (non-hydrogen) atoms. The first-order valence-corrected chi connectivity index (χ1v) is 9.67. The second-order valence-electron chi connectivity index (χ2n) is 6.86. The number of amides is 1. The van der Waals surface area contributed by atoms with E-state index < -0.39 is 0 Å². The van der Waals surface area contributed by atoms with E-state index >= 15 is 0 Å². The molecule has 3 rings (SSSR count). The number of hydrogen-bond donors (Lipinski definition) is 0. The van der Waals surface area contributed by atoms with Crippen molar-refractivity contribution >= 4 is 17.7 Å². The first-order valence-electron chi connectivity index (χ1n) is 9.67. The van der Waals surface area contributed by atoms with Crippen molar-refractivity contribution in [1.29, 1.82) is 0 Å². The van der Waals surface area contributed by atoms with Gasteiger partial charge in [0, 0.05) is 58.4 Å². The van der Waals surface area contributed by atoms with Gasteiger partial charge in [-0.3, -0.25) is 4.79 Å². The van der Waals surface area contributed by atoms with Crippen LogP contribution < -0.4 is 9.80 Å². The molecule has 1 aliphatic heterocycles. The molecule has 0 unspecified atom stereocenters. The van der Waals surface area contributed by atoms with Gasteiger partial charge in [0.1, 0.15) is 5.82 Å². The van der Waals surface area contributed by atoms with Gasteiger partial charge < -0.3 is 14.7 Å². The molecule has 0 spiro atoms. The minimum absolute atomic E-state index is 0.0427. The third-order valence-corrected chi connectivity index (χ3v) is 4.85. The van der Waals surface area contributed by atoms with Crippen LogP contribution in [0.15, 0.2) is 36.8 Å². The fourth-order valence-electron chi connectivity index (χ4n) is 3.21. The van der Waals surface area contributed by atoms with Crippen LogP contribution in [-0.2, 0) is 0 Å². The normalized spacial score (nSPS) is 14.7. The summed E-state index contributed by atoms with van der Waals surface area (Å²) >= 11 is 0. The Kier molecular flexibility index (Phi) is 6.57. The molecule has 0 radical (unpaired) electrons. The van der Waals surface area contributed by atoms with Crippen molar-refractivity contribution in [3.8, 4) is 0 Å². The second kappa shape index (κ2) is 9.30. The Morgan fingerprint density at radius 3 is 2.63 bits per heavy atom. The molecule has 1 fully saturated rings. The number of hydrogen-bond acceptors (Lipinski definition) is 6. The summed E-state index contributed by atoms with van der Waals surface area (Å²) in [4.78, 5) is 32.2. The van der Waals surface area contributed by atoms with Gasteiger partial charge in [-0.1, -0.05) is 13.3 Å². The van der Waals surface area contributed by atoms with E-state index in [9.17, 15) is 4.79 Å². The second-order valence-corrected chi connectivity index (χ2v) is 6.86. The van der Waals surface area contributed by atoms with E-state index in [0.717, 1.165) is 57.2 Å². The molecule has 2 aromatic rings. The molecular weight excluding hydrogens is 340 g/mol. The minimum Gasteiger partial charge on any atom is -0.360 e. The van der Waals surface area contributed by atoms with Crippen LogP contribution in [0.25, 0.3) is 0 Å². The van der Waals surface area contributed by atoms with Crippen molar-refractivity contribution in [3.05, 3.63) is 42.4 Å². The summed E-state index contributed by atoms with van der Waals surface area (Å²) in [5.74, 6) is 1.68. The minimum atomic E-state index is 0.0427. The van der Waals surface area contributed by atoms with Gasteiger partial charge in [-0.2, -0.15) is 0 Å². The van der Waals surface area contributed by atoms with Crippen molar-refractivity contribution in [2.75, 3.05) is 49.6 Å². The van der Waals surface area contributed by atoms with Crippen LogP contribution in [0.2, 0.25) is 0 Å². The van der Waals surface area contributed by atoms with Gasteiger partial charge in [-0.15, -0.1) is 0 Å². The first kappa shape index (κ1) is 19.1. The van der Waals surface area contributed by atoms with Crippen molar-refractivity contribution in [1.82, 2.24) is 19.9 Å². The molecule has 3 heterocycles. The number of anilines is 2. The van der Waals surface area contributed by atoms with Crippen molar-refractivity contribution in [2.24, 2.45) is 0 Å². The van der Waals surface area contributed by atoms with Gasteiger partial charge in [-0.05, 0) is 31.0 Å². The van der Waals surface area contributed by atoms with Crippen molar-refractivity contribution in [2.45, 2.75) is 26.2 Å². The maximum absolute atomic E-state index is 12.9. The van der Waals surface area contributed by atoms with E-state index in [1.54, 1.807) is 18.6 Å². The van der Waals surface area contributed by atoms with E-state index in [-0.39, 0.29) is 5.91 Å². The third kappa shape index (κ3) is 4.93. The van der Waals surface area contributed by atoms with Crippen LogP contribution >= 0.6 is 0 Å². The summed E-state index contributed by atoms with van der Waals surface area (Å²) in [7, 11) is 2.04. The predicted molar refractivity (Wildman–Crippen MR) is 107 cm³/mol. The third-order valence-electron chi connectivity index (χ3n) is 4.85. The van der Waals surface area contributed by atoms with Gasteiger partial charge in [0.25, 0.3) is 5.91 Å². The summed E-state index contributed by atoms with van der Waals surface area (Å²) in [6.45, 7) is 6.14. The Hall–Kier alpha value is -2.70. The molecular formula is C20H28N6O. The monoisotopic (exact) mass is 368 g/mol. The molecule has 0 aliphatic carbocycles. The number of nitrogens with zero attached hydrogens (tertiary/aromatic N) is 6. The van der Waals surface area contributed by atoms with Crippen LogP contribution in [-0.4, -0.2) is 65.5 Å². The number of carbonyl (C=O) groups is 1. The van der Waals surface area contributed by atoms with Gasteiger partial charge in [0.05, 0.1) is 5.56 Å². The van der Waals surface area contributed by atoms with E-state index in [0.29, 0.717) is 12.1 Å². The van der Waals surface area contributed by atoms with Crippen molar-refractivity contribution < 1.29 is 4.79 Å². The lowest BCUT2D eigenvalue weighted by Gasteiger charge is -2.22. The molecule has 0 bridgehead atoms. The van der Waals surface area contributed by atoms with Crippen LogP contribution in [0.4, 0.5) is 11.8 Å². The first-order chi connectivity index (χ1) is 13.2. The summed E-state index contributed by atoms with van der Waals surface area (Å²) < 4.78 is 0. The van der Waals surface area contributed by atoms with Crippen LogP contribution in [0, 0.1) is 0 Å². The fourth-order valence-corrected chi connectivity index (χ4v) is 3.21. The molecule has 7 nitrogen and oxygen atoms in total. The molecule has 0 aromatic carbocycles. The maximum atomic E-state index is 12.9. The molecule has 1 aliphatic rings. The zero-order valence-corrected chi connectivity index (χ0v) is 16.2. The summed E-state index contributed by atoms with van der Waals surface area (Å²) in [6, 6.07) is 5.63. The number of unbranched alkanes of at least 4 members (excludes halogenated alkanes) is 1. The molecule has 0 saturated carbocycles. The van der Waals surface area contributed by atoms with Gasteiger partial charge in [0.2, 0.25) is 5.95 Å². The highest BCUT2D eigenvalue weighted by Crippen LogP contribution is 2.15. The Morgan fingerprint density at radius 1 is 1.11 bits per heavy atom. The maximum Gasteiger partial charge on any atom is 0.255 e. The molecule has 144 valence electrons. The smallest absolute Gasteiger partial charge is 0.255 e. The zero-order chi connectivity index (χ0) is 19.1. The van der Waals surface area contributed by atoms with E-state index in [1.807, 2.05) is 30.1 Å².